The van der Waals surface area contributed by atoms with Crippen LogP contribution in [-0.4, -0.2) is 16.0 Å². The zero-order valence-corrected chi connectivity index (χ0v) is 12.8. The molecule has 0 bridgehead atoms. The van der Waals surface area contributed by atoms with Gasteiger partial charge in [0.2, 0.25) is 0 Å². The predicted octanol–water partition coefficient (Wildman–Crippen LogP) is 3.92. The molecule has 1 aliphatic carbocycles. The van der Waals surface area contributed by atoms with Crippen molar-refractivity contribution in [1.29, 1.82) is 0 Å². The predicted molar refractivity (Wildman–Crippen MR) is 87.4 cm³/mol. The van der Waals surface area contributed by atoms with Crippen LogP contribution in [0.15, 0.2) is 36.4 Å². The first kappa shape index (κ1) is 12.9. The summed E-state index contributed by atoms with van der Waals surface area (Å²) in [6.45, 7) is 3.02. The van der Waals surface area contributed by atoms with Gasteiger partial charge >= 0.3 is 0 Å². The van der Waals surface area contributed by atoms with Crippen molar-refractivity contribution in [3.63, 3.8) is 0 Å². The molecule has 0 aliphatic heterocycles. The first-order chi connectivity index (χ1) is 10.3. The molecule has 0 atom stereocenters. The Balaban J connectivity index is 1.65. The zero-order valence-electron chi connectivity index (χ0n) is 12.0. The van der Waals surface area contributed by atoms with Crippen LogP contribution >= 0.6 is 11.3 Å². The Morgan fingerprint density at radius 2 is 2.00 bits per heavy atom. The minimum absolute atomic E-state index is 0.730. The van der Waals surface area contributed by atoms with Crippen LogP contribution in [-0.2, 0) is 6.54 Å². The molecule has 1 aromatic carbocycles. The van der Waals surface area contributed by atoms with E-state index in [1.54, 1.807) is 11.3 Å². The number of fused-ring (bicyclic) bond motifs is 1. The van der Waals surface area contributed by atoms with Gasteiger partial charge in [0.25, 0.3) is 0 Å². The smallest absolute Gasteiger partial charge is 0.142 e. The molecule has 4 rings (SSSR count). The number of aromatic nitrogens is 2. The molecule has 21 heavy (non-hydrogen) atoms. The van der Waals surface area contributed by atoms with Crippen LogP contribution in [0.5, 0.6) is 0 Å². The summed E-state index contributed by atoms with van der Waals surface area (Å²) < 4.78 is 0. The lowest BCUT2D eigenvalue weighted by atomic mass is 10.2. The van der Waals surface area contributed by atoms with E-state index in [0.29, 0.717) is 0 Å². The Morgan fingerprint density at radius 1 is 1.14 bits per heavy atom. The van der Waals surface area contributed by atoms with E-state index in [2.05, 4.69) is 36.5 Å². The molecular formula is C17H17N3S. The average molecular weight is 295 g/mol. The third-order valence-electron chi connectivity index (χ3n) is 3.84. The van der Waals surface area contributed by atoms with Crippen LogP contribution in [0.3, 0.4) is 0 Å². The number of para-hydroxylation sites is 1. The molecule has 0 unspecified atom stereocenters. The summed E-state index contributed by atoms with van der Waals surface area (Å²) in [6, 6.07) is 13.1. The van der Waals surface area contributed by atoms with E-state index in [-0.39, 0.29) is 0 Å². The number of aryl methyl sites for hydroxylation is 1. The highest BCUT2D eigenvalue weighted by Gasteiger charge is 2.21. The summed E-state index contributed by atoms with van der Waals surface area (Å²) in [5.41, 5.74) is 3.12. The van der Waals surface area contributed by atoms with Crippen molar-refractivity contribution in [3.05, 3.63) is 47.0 Å². The van der Waals surface area contributed by atoms with E-state index < -0.39 is 0 Å². The first-order valence-corrected chi connectivity index (χ1v) is 8.17. The van der Waals surface area contributed by atoms with Crippen molar-refractivity contribution in [1.82, 2.24) is 15.3 Å². The van der Waals surface area contributed by atoms with Crippen LogP contribution in [0.25, 0.3) is 21.6 Å². The van der Waals surface area contributed by atoms with Crippen molar-refractivity contribution in [2.24, 2.45) is 0 Å². The van der Waals surface area contributed by atoms with Gasteiger partial charge < -0.3 is 5.32 Å². The summed E-state index contributed by atoms with van der Waals surface area (Å²) >= 11 is 1.75. The molecule has 1 aliphatic rings. The molecule has 0 saturated heterocycles. The minimum Gasteiger partial charge on any atom is -0.309 e. The van der Waals surface area contributed by atoms with Gasteiger partial charge in [-0.15, -0.1) is 11.3 Å². The van der Waals surface area contributed by atoms with Crippen LogP contribution in [0.2, 0.25) is 0 Å². The number of hydrogen-bond donors (Lipinski definition) is 1. The number of nitrogens with one attached hydrogen (secondary N) is 1. The lowest BCUT2D eigenvalue weighted by Gasteiger charge is -2.00. The fourth-order valence-corrected chi connectivity index (χ4v) is 3.39. The van der Waals surface area contributed by atoms with Crippen molar-refractivity contribution in [3.8, 4) is 10.7 Å². The molecular weight excluding hydrogens is 278 g/mol. The largest absolute Gasteiger partial charge is 0.309 e. The molecule has 2 aromatic heterocycles. The van der Waals surface area contributed by atoms with E-state index in [4.69, 9.17) is 9.97 Å². The molecule has 106 valence electrons. The summed E-state index contributed by atoms with van der Waals surface area (Å²) in [7, 11) is 0. The summed E-state index contributed by atoms with van der Waals surface area (Å²) in [6.07, 6.45) is 2.63. The Labute approximate surface area is 128 Å². The second kappa shape index (κ2) is 5.20. The fourth-order valence-electron chi connectivity index (χ4n) is 2.41. The lowest BCUT2D eigenvalue weighted by Crippen LogP contribution is -2.14. The second-order valence-corrected chi connectivity index (χ2v) is 6.66. The average Bonchev–Trinajstić information content (AvgIpc) is 3.27. The molecule has 0 spiro atoms. The Morgan fingerprint density at radius 3 is 2.86 bits per heavy atom. The maximum absolute atomic E-state index is 4.73. The molecule has 2 heterocycles. The van der Waals surface area contributed by atoms with Gasteiger partial charge in [0, 0.05) is 22.8 Å². The SMILES string of the molecule is Cc1nc(-c2ccc3ccccc3n2)sc1CNC1CC1. The van der Waals surface area contributed by atoms with Crippen molar-refractivity contribution in [2.45, 2.75) is 32.4 Å². The number of pyridine rings is 1. The molecule has 3 aromatic rings. The zero-order chi connectivity index (χ0) is 14.2. The van der Waals surface area contributed by atoms with Crippen LogP contribution in [0, 0.1) is 6.92 Å². The molecule has 1 fully saturated rings. The molecule has 4 heteroatoms. The maximum atomic E-state index is 4.73. The second-order valence-electron chi connectivity index (χ2n) is 5.57. The lowest BCUT2D eigenvalue weighted by molar-refractivity contribution is 0.691. The standard InChI is InChI=1S/C17H17N3S/c1-11-16(10-18-13-7-8-13)21-17(19-11)15-9-6-12-4-2-3-5-14(12)20-15/h2-6,9,13,18H,7-8,10H2,1H3. The van der Waals surface area contributed by atoms with Gasteiger partial charge in [0.1, 0.15) is 5.01 Å². The molecule has 0 amide bonds. The van der Waals surface area contributed by atoms with Gasteiger partial charge in [-0.2, -0.15) is 0 Å². The van der Waals surface area contributed by atoms with Crippen LogP contribution in [0.1, 0.15) is 23.4 Å². The van der Waals surface area contributed by atoms with E-state index in [0.717, 1.165) is 34.5 Å². The maximum Gasteiger partial charge on any atom is 0.142 e. The number of thiazole rings is 1. The number of benzene rings is 1. The van der Waals surface area contributed by atoms with Crippen molar-refractivity contribution in [2.75, 3.05) is 0 Å². The highest BCUT2D eigenvalue weighted by atomic mass is 32.1. The summed E-state index contributed by atoms with van der Waals surface area (Å²) in [5, 5.41) is 5.75. The van der Waals surface area contributed by atoms with Gasteiger partial charge in [0.15, 0.2) is 0 Å². The van der Waals surface area contributed by atoms with E-state index in [1.165, 1.54) is 23.1 Å². The Bertz CT molecular complexity index is 790. The molecule has 3 nitrogen and oxygen atoms in total. The third kappa shape index (κ3) is 2.69. The Kier molecular flexibility index (Phi) is 3.20. The highest BCUT2D eigenvalue weighted by molar-refractivity contribution is 7.15. The van der Waals surface area contributed by atoms with E-state index in [1.807, 2.05) is 12.1 Å². The number of nitrogens with zero attached hydrogens (tertiary/aromatic N) is 2. The number of hydrogen-bond acceptors (Lipinski definition) is 4. The quantitative estimate of drug-likeness (QED) is 0.793. The highest BCUT2D eigenvalue weighted by Crippen LogP contribution is 2.29. The van der Waals surface area contributed by atoms with Crippen molar-refractivity contribution < 1.29 is 0 Å². The number of rotatable bonds is 4. The molecule has 0 radical (unpaired) electrons. The normalized spacial score (nSPS) is 14.7. The van der Waals surface area contributed by atoms with E-state index in [9.17, 15) is 0 Å². The van der Waals surface area contributed by atoms with Gasteiger partial charge in [-0.1, -0.05) is 24.3 Å². The van der Waals surface area contributed by atoms with Gasteiger partial charge in [-0.05, 0) is 31.9 Å². The Hall–Kier alpha value is -1.78. The van der Waals surface area contributed by atoms with Gasteiger partial charge in [-0.3, -0.25) is 0 Å². The third-order valence-corrected chi connectivity index (χ3v) is 5.02. The monoisotopic (exact) mass is 295 g/mol. The fraction of sp³-hybridized carbons (Fsp3) is 0.294. The van der Waals surface area contributed by atoms with E-state index >= 15 is 0 Å². The summed E-state index contributed by atoms with van der Waals surface area (Å²) in [4.78, 5) is 10.8. The minimum atomic E-state index is 0.730. The van der Waals surface area contributed by atoms with Crippen LogP contribution in [0.4, 0.5) is 0 Å². The van der Waals surface area contributed by atoms with Gasteiger partial charge in [0.05, 0.1) is 16.9 Å². The van der Waals surface area contributed by atoms with Gasteiger partial charge in [-0.25, -0.2) is 9.97 Å². The van der Waals surface area contributed by atoms with Crippen LogP contribution < -0.4 is 5.32 Å². The van der Waals surface area contributed by atoms with Crippen molar-refractivity contribution >= 4 is 22.2 Å². The first-order valence-electron chi connectivity index (χ1n) is 7.35. The summed E-state index contributed by atoms with van der Waals surface area (Å²) in [5.74, 6) is 0. The topological polar surface area (TPSA) is 37.8 Å². The molecule has 1 N–H and O–H groups in total. The molecule has 1 saturated carbocycles.